The molecule has 0 aromatic carbocycles. The summed E-state index contributed by atoms with van der Waals surface area (Å²) in [7, 11) is 0. The number of amides is 1. The van der Waals surface area contributed by atoms with Gasteiger partial charge in [-0.05, 0) is 70.6 Å². The van der Waals surface area contributed by atoms with Crippen LogP contribution in [0, 0.1) is 0 Å². The average molecular weight is 1230 g/mol. The SMILES string of the molecule is CC/C=C\C/C=C\C/C=C\C/C=C\CCCCCCCCCCCCCCCCCCCCCCCCCCCCCCC(=O)NC(COC1OC(CO)C(OC2OC(CO)C(O)C(O)C2O)C(O)C1O)C(O)/C=C/CC/C=C/CCCCCCCC. The van der Waals surface area contributed by atoms with Crippen molar-refractivity contribution in [1.82, 2.24) is 5.32 Å². The highest BCUT2D eigenvalue weighted by Crippen LogP contribution is 2.30. The van der Waals surface area contributed by atoms with Crippen molar-refractivity contribution in [1.29, 1.82) is 0 Å². The van der Waals surface area contributed by atoms with Gasteiger partial charge >= 0.3 is 0 Å². The molecule has 0 radical (unpaired) electrons. The Kier molecular flexibility index (Phi) is 53.1. The van der Waals surface area contributed by atoms with Crippen molar-refractivity contribution in [2.24, 2.45) is 0 Å². The van der Waals surface area contributed by atoms with Gasteiger partial charge in [-0.25, -0.2) is 0 Å². The van der Waals surface area contributed by atoms with Gasteiger partial charge in [-0.1, -0.05) is 286 Å². The molecule has 2 saturated heterocycles. The fraction of sp³-hybridized carbons (Fsp3) is 0.822. The monoisotopic (exact) mass is 1230 g/mol. The topological polar surface area (TPSA) is 228 Å². The van der Waals surface area contributed by atoms with Crippen molar-refractivity contribution in [3.63, 3.8) is 0 Å². The molecule has 2 aliphatic rings. The zero-order chi connectivity index (χ0) is 63.1. The Balaban J connectivity index is 1.52. The van der Waals surface area contributed by atoms with Crippen LogP contribution in [0.3, 0.4) is 0 Å². The molecular weight excluding hydrogens is 1100 g/mol. The van der Waals surface area contributed by atoms with E-state index in [1.165, 1.54) is 199 Å². The van der Waals surface area contributed by atoms with Gasteiger partial charge in [0.1, 0.15) is 48.8 Å². The summed E-state index contributed by atoms with van der Waals surface area (Å²) in [6.45, 7) is 2.66. The first kappa shape index (κ1) is 80.5. The van der Waals surface area contributed by atoms with E-state index in [-0.39, 0.29) is 18.9 Å². The van der Waals surface area contributed by atoms with E-state index in [9.17, 15) is 45.6 Å². The van der Waals surface area contributed by atoms with Gasteiger partial charge < -0.3 is 65.1 Å². The molecule has 1 amide bonds. The predicted molar refractivity (Wildman–Crippen MR) is 355 cm³/mol. The molecule has 2 fully saturated rings. The number of aliphatic hydroxyl groups is 8. The van der Waals surface area contributed by atoms with Crippen molar-refractivity contribution >= 4 is 5.91 Å². The van der Waals surface area contributed by atoms with Gasteiger partial charge in [0.25, 0.3) is 0 Å². The minimum Gasteiger partial charge on any atom is -0.394 e. The first-order chi connectivity index (χ1) is 42.6. The molecule has 0 saturated carbocycles. The van der Waals surface area contributed by atoms with Crippen LogP contribution in [0.1, 0.15) is 290 Å². The third-order valence-corrected chi connectivity index (χ3v) is 17.1. The quantitative estimate of drug-likeness (QED) is 0.0204. The third-order valence-electron chi connectivity index (χ3n) is 17.1. The summed E-state index contributed by atoms with van der Waals surface area (Å²) in [6.07, 6.45) is 61.5. The highest BCUT2D eigenvalue weighted by atomic mass is 16.7. The Morgan fingerprint density at radius 1 is 0.425 bits per heavy atom. The van der Waals surface area contributed by atoms with Crippen LogP contribution < -0.4 is 5.32 Å². The smallest absolute Gasteiger partial charge is 0.220 e. The normalized spacial score (nSPS) is 23.7. The minimum atomic E-state index is -1.79. The molecule has 2 rings (SSSR count). The number of aliphatic hydroxyl groups excluding tert-OH is 8. The fourth-order valence-electron chi connectivity index (χ4n) is 11.5. The number of nitrogens with one attached hydrogen (secondary N) is 1. The Morgan fingerprint density at radius 2 is 0.805 bits per heavy atom. The standard InChI is InChI=1S/C73H131NO13/c1-3-5-7-9-11-13-15-17-18-19-20-21-22-23-24-25-26-27-28-29-30-31-32-33-34-35-36-37-38-39-40-41-42-43-44-45-47-49-51-53-55-57-65(78)74-61(62(77)56-54-52-50-48-46-16-14-12-10-8-6-4-2)60-84-72-70(83)68(81)71(64(59-76)86-72)87-73-69(82)67(80)66(79)63(58-75)85-73/h5,7,11,13,17-18,20-21,46,48,54,56,61-64,66-73,75-77,79-83H,3-4,6,8-10,12,14-16,19,22-45,47,49-53,55,57-60H2,1-2H3,(H,74,78)/b7-5-,13-11-,18-17-,21-20-,48-46+,56-54+. The van der Waals surface area contributed by atoms with Gasteiger partial charge in [-0.3, -0.25) is 4.79 Å². The highest BCUT2D eigenvalue weighted by Gasteiger charge is 2.51. The van der Waals surface area contributed by atoms with E-state index in [1.54, 1.807) is 6.08 Å². The van der Waals surface area contributed by atoms with Crippen LogP contribution in [-0.4, -0.2) is 140 Å². The number of carbonyl (C=O) groups excluding carboxylic acids is 1. The lowest BCUT2D eigenvalue weighted by Crippen LogP contribution is -2.65. The molecule has 87 heavy (non-hydrogen) atoms. The van der Waals surface area contributed by atoms with Gasteiger partial charge in [0.2, 0.25) is 5.91 Å². The van der Waals surface area contributed by atoms with E-state index < -0.39 is 86.8 Å². The summed E-state index contributed by atoms with van der Waals surface area (Å²) in [5.74, 6) is -0.247. The van der Waals surface area contributed by atoms with Crippen LogP contribution in [0.15, 0.2) is 72.9 Å². The van der Waals surface area contributed by atoms with Gasteiger partial charge in [0, 0.05) is 6.42 Å². The summed E-state index contributed by atoms with van der Waals surface area (Å²) in [6, 6.07) is -0.930. The van der Waals surface area contributed by atoms with E-state index in [1.807, 2.05) is 6.08 Å². The maximum absolute atomic E-state index is 13.3. The number of carbonyl (C=O) groups is 1. The maximum Gasteiger partial charge on any atom is 0.220 e. The zero-order valence-corrected chi connectivity index (χ0v) is 55.0. The first-order valence-electron chi connectivity index (χ1n) is 35.7. The maximum atomic E-state index is 13.3. The number of hydrogen-bond donors (Lipinski definition) is 9. The van der Waals surface area contributed by atoms with Crippen LogP contribution in [0.25, 0.3) is 0 Å². The molecule has 14 heteroatoms. The van der Waals surface area contributed by atoms with Crippen LogP contribution >= 0.6 is 0 Å². The van der Waals surface area contributed by atoms with Crippen LogP contribution in [0.4, 0.5) is 0 Å². The molecule has 12 unspecified atom stereocenters. The lowest BCUT2D eigenvalue weighted by atomic mass is 9.97. The molecule has 0 aliphatic carbocycles. The molecule has 0 bridgehead atoms. The lowest BCUT2D eigenvalue weighted by Gasteiger charge is -2.46. The number of unbranched alkanes of at least 4 members (excludes halogenated alkanes) is 35. The first-order valence-corrected chi connectivity index (χ1v) is 35.7. The molecule has 0 spiro atoms. The lowest BCUT2D eigenvalue weighted by molar-refractivity contribution is -0.359. The van der Waals surface area contributed by atoms with E-state index >= 15 is 0 Å². The van der Waals surface area contributed by atoms with Gasteiger partial charge in [-0.15, -0.1) is 0 Å². The van der Waals surface area contributed by atoms with Crippen molar-refractivity contribution in [3.05, 3.63) is 72.9 Å². The number of rotatable bonds is 58. The molecule has 2 heterocycles. The molecule has 0 aromatic rings. The largest absolute Gasteiger partial charge is 0.394 e. The Labute approximate surface area is 529 Å². The van der Waals surface area contributed by atoms with Crippen LogP contribution in [0.2, 0.25) is 0 Å². The fourth-order valence-corrected chi connectivity index (χ4v) is 11.5. The van der Waals surface area contributed by atoms with Gasteiger partial charge in [0.15, 0.2) is 12.6 Å². The summed E-state index contributed by atoms with van der Waals surface area (Å²) in [4.78, 5) is 13.3. The zero-order valence-electron chi connectivity index (χ0n) is 55.0. The number of hydrogen-bond acceptors (Lipinski definition) is 13. The van der Waals surface area contributed by atoms with E-state index in [4.69, 9.17) is 18.9 Å². The second-order valence-corrected chi connectivity index (χ2v) is 25.0. The van der Waals surface area contributed by atoms with Gasteiger partial charge in [0.05, 0.1) is 32.0 Å². The summed E-state index contributed by atoms with van der Waals surface area (Å²) < 4.78 is 22.8. The van der Waals surface area contributed by atoms with Crippen molar-refractivity contribution in [3.8, 4) is 0 Å². The van der Waals surface area contributed by atoms with Crippen molar-refractivity contribution in [2.75, 3.05) is 19.8 Å². The molecule has 12 atom stereocenters. The Bertz CT molecular complexity index is 1740. The van der Waals surface area contributed by atoms with Crippen molar-refractivity contribution < 1.29 is 64.6 Å². The molecule has 2 aliphatic heterocycles. The van der Waals surface area contributed by atoms with E-state index in [0.717, 1.165) is 57.8 Å². The van der Waals surface area contributed by atoms with Crippen molar-refractivity contribution in [2.45, 2.75) is 364 Å². The Hall–Kier alpha value is -2.57. The molecular formula is C73H131NO13. The summed E-state index contributed by atoms with van der Waals surface area (Å²) in [5.41, 5.74) is 0. The Morgan fingerprint density at radius 3 is 1.26 bits per heavy atom. The second kappa shape index (κ2) is 57.3. The molecule has 14 nitrogen and oxygen atoms in total. The molecule has 506 valence electrons. The average Bonchev–Trinajstić information content (AvgIpc) is 2.31. The summed E-state index contributed by atoms with van der Waals surface area (Å²) >= 11 is 0. The number of ether oxygens (including phenoxy) is 4. The second-order valence-electron chi connectivity index (χ2n) is 25.0. The third kappa shape index (κ3) is 41.5. The number of allylic oxidation sites excluding steroid dienone is 11. The highest BCUT2D eigenvalue weighted by molar-refractivity contribution is 5.76. The van der Waals surface area contributed by atoms with Gasteiger partial charge in [-0.2, -0.15) is 0 Å². The minimum absolute atomic E-state index is 0.247. The predicted octanol–water partition coefficient (Wildman–Crippen LogP) is 14.6. The van der Waals surface area contributed by atoms with Crippen LogP contribution in [0.5, 0.6) is 0 Å². The summed E-state index contributed by atoms with van der Waals surface area (Å²) in [5, 5.41) is 87.1. The molecule has 0 aromatic heterocycles. The van der Waals surface area contributed by atoms with E-state index in [0.29, 0.717) is 12.8 Å². The molecule has 9 N–H and O–H groups in total. The van der Waals surface area contributed by atoms with Crippen LogP contribution in [-0.2, 0) is 23.7 Å². The van der Waals surface area contributed by atoms with E-state index in [2.05, 4.69) is 79.9 Å².